The Morgan fingerprint density at radius 2 is 2.00 bits per heavy atom. The molecule has 82 valence electrons. The van der Waals surface area contributed by atoms with Crippen molar-refractivity contribution in [2.24, 2.45) is 0 Å². The molecule has 0 aromatic heterocycles. The summed E-state index contributed by atoms with van der Waals surface area (Å²) in [7, 11) is 0. The van der Waals surface area contributed by atoms with E-state index in [-0.39, 0.29) is 6.10 Å². The van der Waals surface area contributed by atoms with Gasteiger partial charge in [0.1, 0.15) is 11.6 Å². The van der Waals surface area contributed by atoms with Gasteiger partial charge in [-0.2, -0.15) is 0 Å². The minimum absolute atomic E-state index is 0.163. The third-order valence-electron chi connectivity index (χ3n) is 2.42. The maximum absolute atomic E-state index is 12.8. The average molecular weight is 213 g/mol. The summed E-state index contributed by atoms with van der Waals surface area (Å²) in [5.41, 5.74) is 0.461. The molecular weight excluding hydrogens is 200 g/mol. The molecule has 0 radical (unpaired) electrons. The lowest BCUT2D eigenvalue weighted by molar-refractivity contribution is 0.120. The summed E-state index contributed by atoms with van der Waals surface area (Å²) in [6.07, 6.45) is 2.23. The van der Waals surface area contributed by atoms with Gasteiger partial charge in [-0.25, -0.2) is 8.78 Å². The number of rotatable bonds is 3. The monoisotopic (exact) mass is 213 g/mol. The highest BCUT2D eigenvalue weighted by molar-refractivity contribution is 5.43. The van der Waals surface area contributed by atoms with Gasteiger partial charge < -0.3 is 10.1 Å². The fourth-order valence-electron chi connectivity index (χ4n) is 1.69. The molecule has 1 N–H and O–H groups in total. The second-order valence-corrected chi connectivity index (χ2v) is 3.67. The van der Waals surface area contributed by atoms with Crippen LogP contribution in [0.3, 0.4) is 0 Å². The van der Waals surface area contributed by atoms with Crippen molar-refractivity contribution < 1.29 is 13.5 Å². The molecule has 4 heteroatoms. The van der Waals surface area contributed by atoms with Gasteiger partial charge in [-0.05, 0) is 25.0 Å². The van der Waals surface area contributed by atoms with Crippen LogP contribution >= 0.6 is 0 Å². The van der Waals surface area contributed by atoms with Crippen LogP contribution in [-0.4, -0.2) is 19.3 Å². The molecule has 0 spiro atoms. The SMILES string of the molecule is Fc1cc(F)cc(NCC2CCCO2)c1. The number of anilines is 1. The van der Waals surface area contributed by atoms with E-state index in [1.54, 1.807) is 0 Å². The first-order valence-corrected chi connectivity index (χ1v) is 5.05. The van der Waals surface area contributed by atoms with Crippen molar-refractivity contribution in [3.05, 3.63) is 29.8 Å². The van der Waals surface area contributed by atoms with Gasteiger partial charge in [0.2, 0.25) is 0 Å². The molecule has 1 atom stereocenters. The second kappa shape index (κ2) is 4.57. The van der Waals surface area contributed by atoms with Gasteiger partial charge in [0.05, 0.1) is 6.10 Å². The first-order valence-electron chi connectivity index (χ1n) is 5.05. The molecule has 1 aliphatic heterocycles. The Morgan fingerprint density at radius 3 is 2.60 bits per heavy atom. The minimum Gasteiger partial charge on any atom is -0.382 e. The maximum Gasteiger partial charge on any atom is 0.128 e. The Hall–Kier alpha value is -1.16. The highest BCUT2D eigenvalue weighted by atomic mass is 19.1. The van der Waals surface area contributed by atoms with Gasteiger partial charge in [0.15, 0.2) is 0 Å². The third kappa shape index (κ3) is 2.89. The molecular formula is C11H13F2NO. The molecule has 1 unspecified atom stereocenters. The van der Waals surface area contributed by atoms with Crippen LogP contribution in [0.1, 0.15) is 12.8 Å². The maximum atomic E-state index is 12.8. The Balaban J connectivity index is 1.92. The van der Waals surface area contributed by atoms with E-state index in [0.717, 1.165) is 25.5 Å². The summed E-state index contributed by atoms with van der Waals surface area (Å²) in [5, 5.41) is 2.96. The first-order chi connectivity index (χ1) is 7.24. The normalized spacial score (nSPS) is 20.5. The number of ether oxygens (including phenoxy) is 1. The van der Waals surface area contributed by atoms with E-state index in [1.165, 1.54) is 12.1 Å². The van der Waals surface area contributed by atoms with Crippen molar-refractivity contribution in [1.29, 1.82) is 0 Å². The predicted octanol–water partition coefficient (Wildman–Crippen LogP) is 2.56. The molecule has 1 fully saturated rings. The molecule has 1 aromatic rings. The van der Waals surface area contributed by atoms with Crippen LogP contribution in [0.4, 0.5) is 14.5 Å². The zero-order valence-electron chi connectivity index (χ0n) is 8.30. The topological polar surface area (TPSA) is 21.3 Å². The molecule has 0 bridgehead atoms. The van der Waals surface area contributed by atoms with Crippen LogP contribution in [0.2, 0.25) is 0 Å². The summed E-state index contributed by atoms with van der Waals surface area (Å²) in [5.74, 6) is -1.13. The molecule has 1 saturated heterocycles. The average Bonchev–Trinajstić information content (AvgIpc) is 2.65. The van der Waals surface area contributed by atoms with Gasteiger partial charge >= 0.3 is 0 Å². The van der Waals surface area contributed by atoms with Crippen LogP contribution in [0.25, 0.3) is 0 Å². The van der Waals surface area contributed by atoms with Crippen LogP contribution < -0.4 is 5.32 Å². The van der Waals surface area contributed by atoms with Crippen LogP contribution in [0.15, 0.2) is 18.2 Å². The standard InChI is InChI=1S/C11H13F2NO/c12-8-4-9(13)6-10(5-8)14-7-11-2-1-3-15-11/h4-6,11,14H,1-3,7H2. The molecule has 0 amide bonds. The number of benzene rings is 1. The second-order valence-electron chi connectivity index (χ2n) is 3.67. The van der Waals surface area contributed by atoms with E-state index in [0.29, 0.717) is 12.2 Å². The van der Waals surface area contributed by atoms with Crippen molar-refractivity contribution in [3.63, 3.8) is 0 Å². The lowest BCUT2D eigenvalue weighted by Crippen LogP contribution is -2.18. The Morgan fingerprint density at radius 1 is 1.27 bits per heavy atom. The fraction of sp³-hybridized carbons (Fsp3) is 0.455. The molecule has 1 aliphatic rings. The Labute approximate surface area is 87.2 Å². The van der Waals surface area contributed by atoms with Crippen molar-refractivity contribution in [3.8, 4) is 0 Å². The van der Waals surface area contributed by atoms with Gasteiger partial charge in [-0.3, -0.25) is 0 Å². The van der Waals surface area contributed by atoms with Crippen molar-refractivity contribution in [2.45, 2.75) is 18.9 Å². The van der Waals surface area contributed by atoms with Crippen LogP contribution in [-0.2, 0) is 4.74 Å². The number of hydrogen-bond acceptors (Lipinski definition) is 2. The van der Waals surface area contributed by atoms with E-state index >= 15 is 0 Å². The summed E-state index contributed by atoms with van der Waals surface area (Å²) < 4.78 is 31.0. The smallest absolute Gasteiger partial charge is 0.128 e. The largest absolute Gasteiger partial charge is 0.382 e. The molecule has 2 rings (SSSR count). The minimum atomic E-state index is -0.565. The summed E-state index contributed by atoms with van der Waals surface area (Å²) in [6, 6.07) is 3.41. The lowest BCUT2D eigenvalue weighted by Gasteiger charge is -2.11. The number of halogens is 2. The zero-order chi connectivity index (χ0) is 10.7. The highest BCUT2D eigenvalue weighted by Gasteiger charge is 2.14. The lowest BCUT2D eigenvalue weighted by atomic mass is 10.2. The quantitative estimate of drug-likeness (QED) is 0.833. The Kier molecular flexibility index (Phi) is 3.16. The summed E-state index contributed by atoms with van der Waals surface area (Å²) in [4.78, 5) is 0. The van der Waals surface area contributed by atoms with Gasteiger partial charge in [-0.15, -0.1) is 0 Å². The molecule has 1 heterocycles. The third-order valence-corrected chi connectivity index (χ3v) is 2.42. The molecule has 2 nitrogen and oxygen atoms in total. The Bertz CT molecular complexity index is 317. The first kappa shape index (κ1) is 10.4. The number of nitrogens with one attached hydrogen (secondary N) is 1. The van der Waals surface area contributed by atoms with Crippen molar-refractivity contribution >= 4 is 5.69 Å². The van der Waals surface area contributed by atoms with E-state index in [1.807, 2.05) is 0 Å². The van der Waals surface area contributed by atoms with E-state index in [9.17, 15) is 8.78 Å². The van der Waals surface area contributed by atoms with Gasteiger partial charge in [0, 0.05) is 24.9 Å². The number of hydrogen-bond donors (Lipinski definition) is 1. The highest BCUT2D eigenvalue weighted by Crippen LogP contribution is 2.16. The van der Waals surface area contributed by atoms with Gasteiger partial charge in [0.25, 0.3) is 0 Å². The van der Waals surface area contributed by atoms with E-state index in [4.69, 9.17) is 4.74 Å². The fourth-order valence-corrected chi connectivity index (χ4v) is 1.69. The van der Waals surface area contributed by atoms with Gasteiger partial charge in [-0.1, -0.05) is 0 Å². The summed E-state index contributed by atoms with van der Waals surface area (Å²) in [6.45, 7) is 1.38. The molecule has 0 saturated carbocycles. The molecule has 15 heavy (non-hydrogen) atoms. The van der Waals surface area contributed by atoms with E-state index in [2.05, 4.69) is 5.32 Å². The summed E-state index contributed by atoms with van der Waals surface area (Å²) >= 11 is 0. The van der Waals surface area contributed by atoms with Crippen molar-refractivity contribution in [1.82, 2.24) is 0 Å². The van der Waals surface area contributed by atoms with Crippen LogP contribution in [0, 0.1) is 11.6 Å². The predicted molar refractivity (Wildman–Crippen MR) is 53.8 cm³/mol. The van der Waals surface area contributed by atoms with E-state index < -0.39 is 11.6 Å². The molecule has 0 aliphatic carbocycles. The van der Waals surface area contributed by atoms with Crippen LogP contribution in [0.5, 0.6) is 0 Å². The zero-order valence-corrected chi connectivity index (χ0v) is 8.30. The van der Waals surface area contributed by atoms with Crippen molar-refractivity contribution in [2.75, 3.05) is 18.5 Å². The molecule has 1 aromatic carbocycles.